The molecule has 0 aromatic heterocycles. The minimum atomic E-state index is -0.130. The summed E-state index contributed by atoms with van der Waals surface area (Å²) in [6, 6.07) is 0. The van der Waals surface area contributed by atoms with Crippen molar-refractivity contribution >= 4 is 5.91 Å². The van der Waals surface area contributed by atoms with Crippen LogP contribution in [0.5, 0.6) is 0 Å². The maximum atomic E-state index is 11.0. The average molecular weight is 240 g/mol. The van der Waals surface area contributed by atoms with E-state index in [4.69, 9.17) is 10.6 Å². The molecule has 17 heavy (non-hydrogen) atoms. The minimum absolute atomic E-state index is 0.116. The van der Waals surface area contributed by atoms with Crippen molar-refractivity contribution in [1.82, 2.24) is 5.43 Å². The second kappa shape index (κ2) is 7.45. The lowest BCUT2D eigenvalue weighted by atomic mass is 9.85. The van der Waals surface area contributed by atoms with Crippen molar-refractivity contribution in [1.29, 1.82) is 0 Å². The van der Waals surface area contributed by atoms with Crippen LogP contribution >= 0.6 is 0 Å². The zero-order valence-corrected chi connectivity index (χ0v) is 10.8. The number of rotatable bonds is 6. The standard InChI is InChI=1S/C13H24N2O2/c1-10-5-3-4-6-12(10)9-17-11(2)7-8-13(16)15-14/h3-4,10-12H,5-9,14H2,1-2H3,(H,15,16). The average Bonchev–Trinajstić information content (AvgIpc) is 2.35. The molecule has 4 heteroatoms. The van der Waals surface area contributed by atoms with Crippen molar-refractivity contribution < 1.29 is 9.53 Å². The fourth-order valence-electron chi connectivity index (χ4n) is 2.02. The molecule has 0 aromatic rings. The number of allylic oxidation sites excluding steroid dienone is 2. The number of ether oxygens (including phenoxy) is 1. The van der Waals surface area contributed by atoms with Crippen LogP contribution in [0.2, 0.25) is 0 Å². The highest BCUT2D eigenvalue weighted by molar-refractivity contribution is 5.75. The number of hydrazine groups is 1. The van der Waals surface area contributed by atoms with Crippen LogP contribution in [-0.4, -0.2) is 18.6 Å². The zero-order chi connectivity index (χ0) is 12.7. The first kappa shape index (κ1) is 14.2. The molecular weight excluding hydrogens is 216 g/mol. The Morgan fingerprint density at radius 3 is 2.88 bits per heavy atom. The first-order valence-corrected chi connectivity index (χ1v) is 6.39. The summed E-state index contributed by atoms with van der Waals surface area (Å²) < 4.78 is 5.79. The molecule has 3 N–H and O–H groups in total. The van der Waals surface area contributed by atoms with Crippen LogP contribution in [-0.2, 0) is 9.53 Å². The molecule has 1 rings (SSSR count). The van der Waals surface area contributed by atoms with Crippen molar-refractivity contribution in [3.63, 3.8) is 0 Å². The second-order valence-electron chi connectivity index (χ2n) is 4.93. The summed E-state index contributed by atoms with van der Waals surface area (Å²) in [5, 5.41) is 0. The van der Waals surface area contributed by atoms with Crippen LogP contribution < -0.4 is 11.3 Å². The molecule has 98 valence electrons. The van der Waals surface area contributed by atoms with Gasteiger partial charge in [0.05, 0.1) is 12.7 Å². The number of carbonyl (C=O) groups is 1. The van der Waals surface area contributed by atoms with Crippen LogP contribution in [0.3, 0.4) is 0 Å². The minimum Gasteiger partial charge on any atom is -0.378 e. The van der Waals surface area contributed by atoms with E-state index in [1.165, 1.54) is 0 Å². The second-order valence-corrected chi connectivity index (χ2v) is 4.93. The first-order chi connectivity index (χ1) is 8.13. The third-order valence-corrected chi connectivity index (χ3v) is 3.45. The third-order valence-electron chi connectivity index (χ3n) is 3.45. The molecule has 3 unspecified atom stereocenters. The summed E-state index contributed by atoms with van der Waals surface area (Å²) in [5.41, 5.74) is 2.13. The highest BCUT2D eigenvalue weighted by Gasteiger charge is 2.19. The molecule has 0 saturated heterocycles. The zero-order valence-electron chi connectivity index (χ0n) is 10.8. The van der Waals surface area contributed by atoms with Gasteiger partial charge in [-0.3, -0.25) is 10.2 Å². The normalized spacial score (nSPS) is 25.6. The van der Waals surface area contributed by atoms with Gasteiger partial charge >= 0.3 is 0 Å². The highest BCUT2D eigenvalue weighted by Crippen LogP contribution is 2.25. The fourth-order valence-corrected chi connectivity index (χ4v) is 2.02. The van der Waals surface area contributed by atoms with Crippen molar-refractivity contribution in [3.05, 3.63) is 12.2 Å². The van der Waals surface area contributed by atoms with Crippen LogP contribution in [0.25, 0.3) is 0 Å². The van der Waals surface area contributed by atoms with Crippen LogP contribution in [0.15, 0.2) is 12.2 Å². The lowest BCUT2D eigenvalue weighted by molar-refractivity contribution is -0.122. The number of hydrogen-bond donors (Lipinski definition) is 2. The molecule has 4 nitrogen and oxygen atoms in total. The van der Waals surface area contributed by atoms with Gasteiger partial charge in [-0.2, -0.15) is 0 Å². The van der Waals surface area contributed by atoms with E-state index in [1.54, 1.807) is 0 Å². The largest absolute Gasteiger partial charge is 0.378 e. The molecule has 0 heterocycles. The van der Waals surface area contributed by atoms with Gasteiger partial charge in [-0.15, -0.1) is 0 Å². The molecule has 0 saturated carbocycles. The molecule has 1 aliphatic rings. The number of nitrogens with one attached hydrogen (secondary N) is 1. The number of nitrogens with two attached hydrogens (primary N) is 1. The van der Waals surface area contributed by atoms with Crippen LogP contribution in [0, 0.1) is 11.8 Å². The van der Waals surface area contributed by atoms with E-state index in [9.17, 15) is 4.79 Å². The maximum absolute atomic E-state index is 11.0. The summed E-state index contributed by atoms with van der Waals surface area (Å²) in [5.74, 6) is 6.20. The molecule has 0 bridgehead atoms. The van der Waals surface area contributed by atoms with E-state index < -0.39 is 0 Å². The van der Waals surface area contributed by atoms with Crippen molar-refractivity contribution in [2.24, 2.45) is 17.7 Å². The van der Waals surface area contributed by atoms with Crippen molar-refractivity contribution in [3.8, 4) is 0 Å². The first-order valence-electron chi connectivity index (χ1n) is 6.39. The summed E-state index contributed by atoms with van der Waals surface area (Å²) in [6.45, 7) is 5.06. The lowest BCUT2D eigenvalue weighted by Crippen LogP contribution is -2.31. The monoisotopic (exact) mass is 240 g/mol. The summed E-state index contributed by atoms with van der Waals surface area (Å²) in [7, 11) is 0. The van der Waals surface area contributed by atoms with E-state index in [0.29, 0.717) is 18.3 Å². The van der Waals surface area contributed by atoms with Gasteiger partial charge in [-0.25, -0.2) is 5.84 Å². The van der Waals surface area contributed by atoms with E-state index in [1.807, 2.05) is 6.92 Å². The van der Waals surface area contributed by atoms with Crippen molar-refractivity contribution in [2.75, 3.05) is 6.61 Å². The SMILES string of the molecule is CC(CCC(=O)NN)OCC1CC=CCC1C. The van der Waals surface area contributed by atoms with E-state index >= 15 is 0 Å². The number of amides is 1. The molecule has 0 fully saturated rings. The third kappa shape index (κ3) is 5.33. The highest BCUT2D eigenvalue weighted by atomic mass is 16.5. The summed E-state index contributed by atoms with van der Waals surface area (Å²) >= 11 is 0. The van der Waals surface area contributed by atoms with Gasteiger partial charge in [0.1, 0.15) is 0 Å². The van der Waals surface area contributed by atoms with Gasteiger partial charge in [0.15, 0.2) is 0 Å². The molecule has 1 amide bonds. The lowest BCUT2D eigenvalue weighted by Gasteiger charge is -2.26. The fraction of sp³-hybridized carbons (Fsp3) is 0.769. The Labute approximate surface area is 104 Å². The summed E-state index contributed by atoms with van der Waals surface area (Å²) in [6.07, 6.45) is 8.01. The van der Waals surface area contributed by atoms with E-state index in [2.05, 4.69) is 24.5 Å². The molecule has 0 aromatic carbocycles. The Bertz CT molecular complexity index is 266. The number of hydrogen-bond acceptors (Lipinski definition) is 3. The molecule has 0 spiro atoms. The molecular formula is C13H24N2O2. The molecule has 3 atom stereocenters. The number of carbonyl (C=O) groups excluding carboxylic acids is 1. The van der Waals surface area contributed by atoms with Gasteiger partial charge in [0, 0.05) is 6.42 Å². The van der Waals surface area contributed by atoms with Gasteiger partial charge in [0.25, 0.3) is 0 Å². The molecule has 0 aliphatic heterocycles. The van der Waals surface area contributed by atoms with Crippen LogP contribution in [0.1, 0.15) is 39.5 Å². The predicted molar refractivity (Wildman–Crippen MR) is 68.0 cm³/mol. The summed E-state index contributed by atoms with van der Waals surface area (Å²) in [4.78, 5) is 11.0. The molecule has 0 radical (unpaired) electrons. The Morgan fingerprint density at radius 1 is 1.53 bits per heavy atom. The Hall–Kier alpha value is -0.870. The Morgan fingerprint density at radius 2 is 2.24 bits per heavy atom. The predicted octanol–water partition coefficient (Wildman–Crippen LogP) is 1.76. The van der Waals surface area contributed by atoms with E-state index in [0.717, 1.165) is 25.9 Å². The van der Waals surface area contributed by atoms with Gasteiger partial charge < -0.3 is 4.74 Å². The van der Waals surface area contributed by atoms with Crippen LogP contribution in [0.4, 0.5) is 0 Å². The maximum Gasteiger partial charge on any atom is 0.233 e. The smallest absolute Gasteiger partial charge is 0.233 e. The van der Waals surface area contributed by atoms with Crippen molar-refractivity contribution in [2.45, 2.75) is 45.6 Å². The quantitative estimate of drug-likeness (QED) is 0.322. The van der Waals surface area contributed by atoms with Gasteiger partial charge in [0.2, 0.25) is 5.91 Å². The molecule has 1 aliphatic carbocycles. The van der Waals surface area contributed by atoms with E-state index in [-0.39, 0.29) is 12.0 Å². The Balaban J connectivity index is 2.16. The topological polar surface area (TPSA) is 64.4 Å². The Kier molecular flexibility index (Phi) is 6.22. The van der Waals surface area contributed by atoms with Gasteiger partial charge in [-0.05, 0) is 38.0 Å². The van der Waals surface area contributed by atoms with Gasteiger partial charge in [-0.1, -0.05) is 19.1 Å².